The number of rotatable bonds is 17. The van der Waals surface area contributed by atoms with Gasteiger partial charge in [-0.1, -0.05) is 71.1 Å². The molecule has 0 saturated heterocycles. The van der Waals surface area contributed by atoms with Crippen molar-refractivity contribution >= 4 is 11.9 Å². The Balaban J connectivity index is 0. The van der Waals surface area contributed by atoms with Gasteiger partial charge in [0.05, 0.1) is 6.61 Å². The monoisotopic (exact) mass is 365 g/mol. The summed E-state index contributed by atoms with van der Waals surface area (Å²) in [6.07, 6.45) is 13.8. The molecule has 0 aromatic heterocycles. The van der Waals surface area contributed by atoms with Crippen LogP contribution in [0.15, 0.2) is 0 Å². The Bertz CT molecular complexity index is 327. The minimum Gasteiger partial charge on any atom is -0.550 e. The fraction of sp³-hybridized carbons (Fsp3) is 0.895. The molecule has 0 aromatic rings. The van der Waals surface area contributed by atoms with Crippen molar-refractivity contribution in [1.29, 1.82) is 0 Å². The minimum absolute atomic E-state index is 0. The maximum Gasteiger partial charge on any atom is 1.00 e. The third-order valence-corrected chi connectivity index (χ3v) is 4.30. The molecule has 0 fully saturated rings. The molecular weight excluding hydrogens is 329 g/mol. The van der Waals surface area contributed by atoms with Gasteiger partial charge < -0.3 is 19.9 Å². The third kappa shape index (κ3) is 18.5. The van der Waals surface area contributed by atoms with Crippen molar-refractivity contribution in [3.63, 3.8) is 0 Å². The van der Waals surface area contributed by atoms with Gasteiger partial charge in [-0.05, 0) is 6.42 Å². The molecular formula is C19H36NNaO4. The fourth-order valence-electron chi connectivity index (χ4n) is 2.81. The smallest absolute Gasteiger partial charge is 0.550 e. The van der Waals surface area contributed by atoms with Gasteiger partial charge in [-0.25, -0.2) is 0 Å². The molecule has 0 bridgehead atoms. The van der Waals surface area contributed by atoms with Crippen molar-refractivity contribution in [1.82, 2.24) is 4.90 Å². The molecule has 1 N–H and O–H groups in total. The zero-order chi connectivity index (χ0) is 18.0. The standard InChI is InChI=1S/C19H37NO4.Na/c1-2-3-4-5-6-7-8-9-10-11-12-13-18(22)20(16-17-21)15-14-19(23)24;/h21H,2-17H2,1H3,(H,23,24);/q;+1/p-1. The zero-order valence-corrected chi connectivity index (χ0v) is 18.4. The Morgan fingerprint density at radius 1 is 0.800 bits per heavy atom. The van der Waals surface area contributed by atoms with E-state index in [1.165, 1.54) is 56.3 Å². The molecule has 0 aliphatic rings. The Kier molecular flexibility index (Phi) is 21.9. The molecule has 142 valence electrons. The van der Waals surface area contributed by atoms with E-state index in [-0.39, 0.29) is 61.6 Å². The van der Waals surface area contributed by atoms with Crippen LogP contribution in [0.25, 0.3) is 0 Å². The molecule has 0 heterocycles. The molecule has 0 aliphatic heterocycles. The van der Waals surface area contributed by atoms with E-state index in [1.54, 1.807) is 0 Å². The van der Waals surface area contributed by atoms with Crippen molar-refractivity contribution in [2.75, 3.05) is 19.7 Å². The summed E-state index contributed by atoms with van der Waals surface area (Å²) in [4.78, 5) is 23.9. The predicted molar refractivity (Wildman–Crippen MR) is 94.4 cm³/mol. The van der Waals surface area contributed by atoms with Crippen LogP contribution in [0, 0.1) is 0 Å². The molecule has 0 radical (unpaired) electrons. The molecule has 0 aliphatic carbocycles. The van der Waals surface area contributed by atoms with E-state index in [0.717, 1.165) is 19.3 Å². The van der Waals surface area contributed by atoms with Crippen LogP contribution < -0.4 is 34.7 Å². The molecule has 25 heavy (non-hydrogen) atoms. The van der Waals surface area contributed by atoms with Gasteiger partial charge >= 0.3 is 29.6 Å². The number of carbonyl (C=O) groups is 2. The Hall–Kier alpha value is -0.100. The fourth-order valence-corrected chi connectivity index (χ4v) is 2.81. The molecule has 0 unspecified atom stereocenters. The van der Waals surface area contributed by atoms with E-state index in [2.05, 4.69) is 6.92 Å². The van der Waals surface area contributed by atoms with Gasteiger partial charge in [0.15, 0.2) is 0 Å². The van der Waals surface area contributed by atoms with Gasteiger partial charge in [-0.2, -0.15) is 0 Å². The first-order chi connectivity index (χ1) is 11.6. The molecule has 6 heteroatoms. The van der Waals surface area contributed by atoms with Crippen molar-refractivity contribution < 1.29 is 49.4 Å². The zero-order valence-electron chi connectivity index (χ0n) is 16.4. The molecule has 0 aromatic carbocycles. The van der Waals surface area contributed by atoms with Gasteiger partial charge in [0, 0.05) is 31.9 Å². The Labute approximate surface area is 175 Å². The molecule has 5 nitrogen and oxygen atoms in total. The molecule has 0 atom stereocenters. The number of aliphatic hydroxyl groups excluding tert-OH is 1. The number of carbonyl (C=O) groups excluding carboxylic acids is 2. The third-order valence-electron chi connectivity index (χ3n) is 4.30. The molecule has 0 saturated carbocycles. The van der Waals surface area contributed by atoms with Crippen molar-refractivity contribution in [2.45, 2.75) is 90.4 Å². The number of unbranched alkanes of at least 4 members (excludes halogenated alkanes) is 10. The van der Waals surface area contributed by atoms with E-state index in [0.29, 0.717) is 6.42 Å². The van der Waals surface area contributed by atoms with E-state index < -0.39 is 5.97 Å². The number of aliphatic hydroxyl groups is 1. The second-order valence-corrected chi connectivity index (χ2v) is 6.51. The van der Waals surface area contributed by atoms with Crippen LogP contribution in [0.1, 0.15) is 90.4 Å². The summed E-state index contributed by atoms with van der Waals surface area (Å²) in [5, 5.41) is 19.4. The number of amides is 1. The largest absolute Gasteiger partial charge is 1.00 e. The number of carboxylic acid groups (broad SMARTS) is 1. The van der Waals surface area contributed by atoms with Gasteiger partial charge in [-0.3, -0.25) is 4.79 Å². The Morgan fingerprint density at radius 2 is 1.28 bits per heavy atom. The number of hydrogen-bond acceptors (Lipinski definition) is 4. The average molecular weight is 365 g/mol. The molecule has 0 spiro atoms. The van der Waals surface area contributed by atoms with Crippen LogP contribution in [-0.4, -0.2) is 41.6 Å². The first kappa shape index (κ1) is 27.1. The van der Waals surface area contributed by atoms with E-state index in [1.807, 2.05) is 0 Å². The number of carboxylic acids is 1. The SMILES string of the molecule is CCCCCCCCCCCCCC(=O)N(CCO)CCC(=O)[O-].[Na+]. The second-order valence-electron chi connectivity index (χ2n) is 6.51. The first-order valence-corrected chi connectivity index (χ1v) is 9.70. The van der Waals surface area contributed by atoms with E-state index in [4.69, 9.17) is 5.11 Å². The van der Waals surface area contributed by atoms with E-state index >= 15 is 0 Å². The molecule has 1 amide bonds. The van der Waals surface area contributed by atoms with Crippen LogP contribution in [0.4, 0.5) is 0 Å². The number of aliphatic carboxylic acids is 1. The number of nitrogens with zero attached hydrogens (tertiary/aromatic N) is 1. The Morgan fingerprint density at radius 3 is 1.72 bits per heavy atom. The summed E-state index contributed by atoms with van der Waals surface area (Å²) in [7, 11) is 0. The van der Waals surface area contributed by atoms with Gasteiger partial charge in [0.25, 0.3) is 0 Å². The topological polar surface area (TPSA) is 80.7 Å². The quantitative estimate of drug-likeness (QED) is 0.282. The summed E-state index contributed by atoms with van der Waals surface area (Å²) in [6.45, 7) is 2.41. The summed E-state index contributed by atoms with van der Waals surface area (Å²) >= 11 is 0. The average Bonchev–Trinajstić information content (AvgIpc) is 2.56. The second kappa shape index (κ2) is 20.2. The minimum atomic E-state index is -1.17. The normalized spacial score (nSPS) is 10.3. The van der Waals surface area contributed by atoms with Crippen LogP contribution in [0.5, 0.6) is 0 Å². The van der Waals surface area contributed by atoms with Crippen LogP contribution in [-0.2, 0) is 9.59 Å². The summed E-state index contributed by atoms with van der Waals surface area (Å²) in [6, 6.07) is 0. The summed E-state index contributed by atoms with van der Waals surface area (Å²) < 4.78 is 0. The predicted octanol–water partition coefficient (Wildman–Crippen LogP) is -0.348. The van der Waals surface area contributed by atoms with Crippen molar-refractivity contribution in [2.24, 2.45) is 0 Å². The van der Waals surface area contributed by atoms with Gasteiger partial charge in [0.2, 0.25) is 5.91 Å². The van der Waals surface area contributed by atoms with Crippen molar-refractivity contribution in [3.8, 4) is 0 Å². The van der Waals surface area contributed by atoms with Crippen LogP contribution >= 0.6 is 0 Å². The maximum atomic E-state index is 12.0. The van der Waals surface area contributed by atoms with Gasteiger partial charge in [-0.15, -0.1) is 0 Å². The van der Waals surface area contributed by atoms with Crippen molar-refractivity contribution in [3.05, 3.63) is 0 Å². The summed E-state index contributed by atoms with van der Waals surface area (Å²) in [5.74, 6) is -1.23. The molecule has 0 rings (SSSR count). The maximum absolute atomic E-state index is 12.0. The first-order valence-electron chi connectivity index (χ1n) is 9.70. The van der Waals surface area contributed by atoms with E-state index in [9.17, 15) is 14.7 Å². The number of hydrogen-bond donors (Lipinski definition) is 1. The summed E-state index contributed by atoms with van der Waals surface area (Å²) in [5.41, 5.74) is 0. The van der Waals surface area contributed by atoms with Crippen LogP contribution in [0.2, 0.25) is 0 Å². The van der Waals surface area contributed by atoms with Gasteiger partial charge in [0.1, 0.15) is 0 Å². The van der Waals surface area contributed by atoms with Crippen LogP contribution in [0.3, 0.4) is 0 Å².